The number of anilines is 1. The molecule has 2 saturated heterocycles. The van der Waals surface area contributed by atoms with Gasteiger partial charge in [-0.1, -0.05) is 0 Å². The predicted molar refractivity (Wildman–Crippen MR) is 78.9 cm³/mol. The van der Waals surface area contributed by atoms with Crippen LogP contribution in [0.5, 0.6) is 0 Å². The summed E-state index contributed by atoms with van der Waals surface area (Å²) in [6, 6.07) is 6.28. The minimum atomic E-state index is -0.415. The molecule has 2 aliphatic heterocycles. The zero-order chi connectivity index (χ0) is 15.7. The largest absolute Gasteiger partial charge is 0.374 e. The van der Waals surface area contributed by atoms with E-state index in [0.717, 1.165) is 18.7 Å². The van der Waals surface area contributed by atoms with Crippen LogP contribution in [0.1, 0.15) is 18.9 Å². The molecule has 0 N–H and O–H groups in total. The van der Waals surface area contributed by atoms with E-state index in [1.165, 1.54) is 12.1 Å². The highest BCUT2D eigenvalue weighted by Gasteiger charge is 2.38. The molecule has 116 valence electrons. The van der Waals surface area contributed by atoms with Gasteiger partial charge in [0, 0.05) is 26.6 Å². The molecule has 2 unspecified atom stereocenters. The van der Waals surface area contributed by atoms with Gasteiger partial charge < -0.3 is 14.5 Å². The van der Waals surface area contributed by atoms with Crippen molar-refractivity contribution >= 4 is 11.6 Å². The maximum absolute atomic E-state index is 13.3. The van der Waals surface area contributed by atoms with Gasteiger partial charge in [-0.2, -0.15) is 5.26 Å². The third-order valence-electron chi connectivity index (χ3n) is 4.41. The smallest absolute Gasteiger partial charge is 0.219 e. The summed E-state index contributed by atoms with van der Waals surface area (Å²) in [5.74, 6) is -0.374. The summed E-state index contributed by atoms with van der Waals surface area (Å²) in [6.45, 7) is 4.07. The van der Waals surface area contributed by atoms with Crippen molar-refractivity contribution in [2.24, 2.45) is 0 Å². The summed E-state index contributed by atoms with van der Waals surface area (Å²) in [6.07, 6.45) is 0.830. The van der Waals surface area contributed by atoms with Crippen LogP contribution in [-0.4, -0.2) is 49.2 Å². The lowest BCUT2D eigenvalue weighted by Gasteiger charge is -2.47. The molecule has 2 aliphatic rings. The molecule has 1 aromatic carbocycles. The van der Waals surface area contributed by atoms with Crippen molar-refractivity contribution in [1.82, 2.24) is 4.90 Å². The van der Waals surface area contributed by atoms with Gasteiger partial charge in [0.25, 0.3) is 0 Å². The summed E-state index contributed by atoms with van der Waals surface area (Å²) >= 11 is 0. The molecule has 0 saturated carbocycles. The summed E-state index contributed by atoms with van der Waals surface area (Å²) in [5, 5.41) is 9.21. The Morgan fingerprint density at radius 3 is 3.00 bits per heavy atom. The molecule has 5 nitrogen and oxygen atoms in total. The van der Waals surface area contributed by atoms with Gasteiger partial charge in [0.15, 0.2) is 0 Å². The Labute approximate surface area is 128 Å². The van der Waals surface area contributed by atoms with Crippen LogP contribution < -0.4 is 4.90 Å². The Morgan fingerprint density at radius 1 is 1.45 bits per heavy atom. The van der Waals surface area contributed by atoms with Crippen molar-refractivity contribution in [3.05, 3.63) is 29.6 Å². The van der Waals surface area contributed by atoms with E-state index in [1.54, 1.807) is 13.0 Å². The lowest BCUT2D eigenvalue weighted by molar-refractivity contribution is -0.145. The quantitative estimate of drug-likeness (QED) is 0.789. The average Bonchev–Trinajstić information content (AvgIpc) is 2.53. The van der Waals surface area contributed by atoms with Gasteiger partial charge in [0.05, 0.1) is 30.0 Å². The van der Waals surface area contributed by atoms with Crippen molar-refractivity contribution in [3.8, 4) is 6.07 Å². The number of piperidine rings is 1. The van der Waals surface area contributed by atoms with E-state index in [9.17, 15) is 14.4 Å². The molecule has 2 fully saturated rings. The molecule has 0 bridgehead atoms. The monoisotopic (exact) mass is 303 g/mol. The van der Waals surface area contributed by atoms with Gasteiger partial charge >= 0.3 is 0 Å². The molecule has 0 aromatic heterocycles. The van der Waals surface area contributed by atoms with E-state index >= 15 is 0 Å². The Bertz CT molecular complexity index is 628. The fourth-order valence-electron chi connectivity index (χ4n) is 3.36. The second-order valence-corrected chi connectivity index (χ2v) is 5.70. The number of ether oxygens (including phenoxy) is 1. The van der Waals surface area contributed by atoms with E-state index in [-0.39, 0.29) is 18.1 Å². The van der Waals surface area contributed by atoms with Crippen LogP contribution in [0.2, 0.25) is 0 Å². The number of carbonyl (C=O) groups is 1. The molecular weight excluding hydrogens is 285 g/mol. The number of hydrogen-bond acceptors (Lipinski definition) is 4. The molecule has 0 radical (unpaired) electrons. The first-order valence-corrected chi connectivity index (χ1v) is 7.43. The number of hydrogen-bond donors (Lipinski definition) is 0. The summed E-state index contributed by atoms with van der Waals surface area (Å²) in [7, 11) is 0. The molecule has 22 heavy (non-hydrogen) atoms. The van der Waals surface area contributed by atoms with Gasteiger partial charge in [-0.05, 0) is 24.6 Å². The first kappa shape index (κ1) is 14.8. The Hall–Kier alpha value is -2.13. The zero-order valence-electron chi connectivity index (χ0n) is 12.5. The van der Waals surface area contributed by atoms with Crippen LogP contribution in [0.4, 0.5) is 10.1 Å². The number of carbonyl (C=O) groups excluding carboxylic acids is 1. The normalized spacial score (nSPS) is 24.6. The first-order chi connectivity index (χ1) is 10.6. The molecule has 0 spiro atoms. The van der Waals surface area contributed by atoms with Crippen molar-refractivity contribution in [2.75, 3.05) is 31.1 Å². The van der Waals surface area contributed by atoms with E-state index < -0.39 is 5.82 Å². The van der Waals surface area contributed by atoms with Gasteiger partial charge in [-0.15, -0.1) is 0 Å². The Balaban J connectivity index is 1.86. The number of fused-ring (bicyclic) bond motifs is 1. The fraction of sp³-hybridized carbons (Fsp3) is 0.500. The summed E-state index contributed by atoms with van der Waals surface area (Å²) < 4.78 is 19.1. The lowest BCUT2D eigenvalue weighted by atomic mass is 9.97. The number of morpholine rings is 1. The van der Waals surface area contributed by atoms with Gasteiger partial charge in [0.2, 0.25) is 5.91 Å². The second-order valence-electron chi connectivity index (χ2n) is 5.70. The minimum Gasteiger partial charge on any atom is -0.374 e. The first-order valence-electron chi connectivity index (χ1n) is 7.43. The van der Waals surface area contributed by atoms with E-state index in [2.05, 4.69) is 0 Å². The van der Waals surface area contributed by atoms with E-state index in [0.29, 0.717) is 25.3 Å². The van der Waals surface area contributed by atoms with Crippen LogP contribution in [0.25, 0.3) is 0 Å². The predicted octanol–water partition coefficient (Wildman–Crippen LogP) is 1.52. The molecule has 1 amide bonds. The average molecular weight is 303 g/mol. The molecule has 3 rings (SSSR count). The fourth-order valence-corrected chi connectivity index (χ4v) is 3.36. The second kappa shape index (κ2) is 5.93. The van der Waals surface area contributed by atoms with Gasteiger partial charge in [-0.25, -0.2) is 4.39 Å². The Morgan fingerprint density at radius 2 is 2.27 bits per heavy atom. The third-order valence-corrected chi connectivity index (χ3v) is 4.41. The van der Waals surface area contributed by atoms with Gasteiger partial charge in [0.1, 0.15) is 11.9 Å². The third kappa shape index (κ3) is 2.64. The number of amides is 1. The minimum absolute atomic E-state index is 0.0170. The summed E-state index contributed by atoms with van der Waals surface area (Å²) in [4.78, 5) is 15.7. The molecule has 2 heterocycles. The molecule has 2 atom stereocenters. The number of benzene rings is 1. The SMILES string of the molecule is CC(=O)N1CCOC2CCN(c3ccc(F)cc3C#N)CC21. The van der Waals surface area contributed by atoms with Crippen molar-refractivity contribution in [1.29, 1.82) is 5.26 Å². The molecule has 6 heteroatoms. The van der Waals surface area contributed by atoms with E-state index in [4.69, 9.17) is 4.74 Å². The number of rotatable bonds is 1. The van der Waals surface area contributed by atoms with Crippen LogP contribution in [0.3, 0.4) is 0 Å². The van der Waals surface area contributed by atoms with Crippen molar-refractivity contribution in [3.63, 3.8) is 0 Å². The van der Waals surface area contributed by atoms with Crippen LogP contribution in [-0.2, 0) is 9.53 Å². The topological polar surface area (TPSA) is 56.6 Å². The van der Waals surface area contributed by atoms with Crippen LogP contribution >= 0.6 is 0 Å². The van der Waals surface area contributed by atoms with Crippen LogP contribution in [0.15, 0.2) is 18.2 Å². The lowest BCUT2D eigenvalue weighted by Crippen LogP contribution is -2.61. The number of nitriles is 1. The van der Waals surface area contributed by atoms with Crippen molar-refractivity contribution in [2.45, 2.75) is 25.5 Å². The van der Waals surface area contributed by atoms with E-state index in [1.807, 2.05) is 15.9 Å². The maximum Gasteiger partial charge on any atom is 0.219 e. The highest BCUT2D eigenvalue weighted by molar-refractivity contribution is 5.74. The standard InChI is InChI=1S/C16H18FN3O2/c1-11(21)20-6-7-22-16-4-5-19(10-15(16)20)14-3-2-13(17)8-12(14)9-18/h2-3,8,15-16H,4-7,10H2,1H3. The molecule has 1 aromatic rings. The molecular formula is C16H18FN3O2. The highest BCUT2D eigenvalue weighted by Crippen LogP contribution is 2.29. The Kier molecular flexibility index (Phi) is 3.99. The summed E-state index contributed by atoms with van der Waals surface area (Å²) in [5.41, 5.74) is 1.04. The van der Waals surface area contributed by atoms with Crippen LogP contribution in [0, 0.1) is 17.1 Å². The molecule has 0 aliphatic carbocycles. The van der Waals surface area contributed by atoms with Gasteiger partial charge in [-0.3, -0.25) is 4.79 Å². The zero-order valence-corrected chi connectivity index (χ0v) is 12.5. The highest BCUT2D eigenvalue weighted by atomic mass is 19.1. The number of halogens is 1. The maximum atomic E-state index is 13.3. The van der Waals surface area contributed by atoms with Crippen molar-refractivity contribution < 1.29 is 13.9 Å². The number of nitrogens with zero attached hydrogens (tertiary/aromatic N) is 3.